The third kappa shape index (κ3) is 6.06. The minimum absolute atomic E-state index is 0. The first-order valence-electron chi connectivity index (χ1n) is 12.8. The maximum Gasteiger partial charge on any atom is 0.279 e. The van der Waals surface area contributed by atoms with Crippen molar-refractivity contribution in [1.29, 1.82) is 0 Å². The molecule has 2 saturated heterocycles. The van der Waals surface area contributed by atoms with Crippen LogP contribution in [0.25, 0.3) is 0 Å². The van der Waals surface area contributed by atoms with Gasteiger partial charge in [0.05, 0.1) is 31.3 Å². The molecular formula is C27H42N3O4+. The smallest absolute Gasteiger partial charge is 0.279 e. The lowest BCUT2D eigenvalue weighted by Gasteiger charge is -2.36. The van der Waals surface area contributed by atoms with E-state index in [1.807, 2.05) is 24.0 Å². The van der Waals surface area contributed by atoms with E-state index < -0.39 is 0 Å². The molecule has 0 spiro atoms. The average molecular weight is 473 g/mol. The highest BCUT2D eigenvalue weighted by molar-refractivity contribution is 5.97. The van der Waals surface area contributed by atoms with E-state index in [0.29, 0.717) is 35.1 Å². The van der Waals surface area contributed by atoms with Crippen molar-refractivity contribution in [1.82, 2.24) is 10.2 Å². The number of carbonyl (C=O) groups excluding carboxylic acids is 3. The largest absolute Gasteiger partial charge is 0.472 e. The fraction of sp³-hybridized carbons (Fsp3) is 0.593. The summed E-state index contributed by atoms with van der Waals surface area (Å²) in [5.74, 6) is 0.0805. The minimum atomic E-state index is -0.105. The molecule has 4 rings (SSSR count). The second-order valence-electron chi connectivity index (χ2n) is 10.2. The highest BCUT2D eigenvalue weighted by Gasteiger charge is 2.35. The zero-order valence-corrected chi connectivity index (χ0v) is 20.4. The second-order valence-corrected chi connectivity index (χ2v) is 10.2. The Labute approximate surface area is 205 Å². The summed E-state index contributed by atoms with van der Waals surface area (Å²) < 4.78 is 5.60. The Hall–Kier alpha value is -2.67. The van der Waals surface area contributed by atoms with Gasteiger partial charge in [0.1, 0.15) is 6.54 Å². The monoisotopic (exact) mass is 472 g/mol. The molecule has 0 bridgehead atoms. The molecule has 1 aromatic heterocycles. The van der Waals surface area contributed by atoms with Crippen LogP contribution in [0, 0.1) is 0 Å². The van der Waals surface area contributed by atoms with Crippen molar-refractivity contribution in [2.45, 2.75) is 64.7 Å². The number of piperidine rings is 1. The van der Waals surface area contributed by atoms with Crippen LogP contribution in [0.5, 0.6) is 0 Å². The molecule has 1 N–H and O–H groups in total. The van der Waals surface area contributed by atoms with Crippen molar-refractivity contribution in [3.63, 3.8) is 0 Å². The molecule has 188 valence electrons. The molecule has 0 atom stereocenters. The number of ketones is 1. The Balaban J connectivity index is 0.00000228. The van der Waals surface area contributed by atoms with Gasteiger partial charge in [-0.3, -0.25) is 14.4 Å². The summed E-state index contributed by atoms with van der Waals surface area (Å²) in [5.41, 5.74) is 3.21. The van der Waals surface area contributed by atoms with Crippen molar-refractivity contribution in [3.05, 3.63) is 47.1 Å². The van der Waals surface area contributed by atoms with E-state index in [1.54, 1.807) is 12.5 Å². The van der Waals surface area contributed by atoms with Crippen LogP contribution in [-0.4, -0.2) is 66.2 Å². The molecule has 0 saturated carbocycles. The van der Waals surface area contributed by atoms with E-state index in [2.05, 4.69) is 5.32 Å². The Bertz CT molecular complexity index is 958. The van der Waals surface area contributed by atoms with Crippen LogP contribution in [0.3, 0.4) is 0 Å². The van der Waals surface area contributed by atoms with Gasteiger partial charge < -0.3 is 19.1 Å². The van der Waals surface area contributed by atoms with Gasteiger partial charge in [0.2, 0.25) is 0 Å². The highest BCUT2D eigenvalue weighted by atomic mass is 16.3. The van der Waals surface area contributed by atoms with Gasteiger partial charge in [0.15, 0.2) is 12.3 Å². The third-order valence-electron chi connectivity index (χ3n) is 7.46. The lowest BCUT2D eigenvalue weighted by Crippen LogP contribution is -2.56. The molecule has 3 aliphatic rings. The number of hydrogen-bond donors (Lipinski definition) is 1. The van der Waals surface area contributed by atoms with Crippen LogP contribution in [0.2, 0.25) is 0 Å². The van der Waals surface area contributed by atoms with Crippen LogP contribution in [0.1, 0.15) is 66.7 Å². The van der Waals surface area contributed by atoms with Gasteiger partial charge in [-0.15, -0.1) is 0 Å². The molecule has 0 radical (unpaired) electrons. The van der Waals surface area contributed by atoms with E-state index >= 15 is 0 Å². The molecule has 7 nitrogen and oxygen atoms in total. The summed E-state index contributed by atoms with van der Waals surface area (Å²) in [4.78, 5) is 41.4. The van der Waals surface area contributed by atoms with Crippen LogP contribution >= 0.6 is 0 Å². The fourth-order valence-corrected chi connectivity index (χ4v) is 5.62. The lowest BCUT2D eigenvalue weighted by molar-refractivity contribution is -0.912. The van der Waals surface area contributed by atoms with Gasteiger partial charge in [-0.1, -0.05) is 6.08 Å². The Kier molecular flexibility index (Phi) is 8.03. The predicted octanol–water partition coefficient (Wildman–Crippen LogP) is 4.01. The standard InChI is InChI=1S/C27H37N3O4.2H2/c1-21-9-10-24(27(33)29-12-5-4-6-13-29)26(21)28-25(32)19-30(14-7-2-3-8-15-30)18-23(31)17-22-11-16-34-20-22;;/h9,11,16,20H,2-8,10,12-15,17-19H2,1H3;2*1H/p+1. The number of likely N-dealkylation sites (tertiary alicyclic amines) is 2. The van der Waals surface area contributed by atoms with Gasteiger partial charge in [-0.2, -0.15) is 0 Å². The quantitative estimate of drug-likeness (QED) is 0.580. The topological polar surface area (TPSA) is 79.6 Å². The van der Waals surface area contributed by atoms with Gasteiger partial charge in [0.25, 0.3) is 11.8 Å². The van der Waals surface area contributed by atoms with Gasteiger partial charge >= 0.3 is 0 Å². The number of allylic oxidation sites excluding steroid dienone is 2. The average Bonchev–Trinajstić information content (AvgIpc) is 3.39. The van der Waals surface area contributed by atoms with Crippen molar-refractivity contribution < 1.29 is 26.1 Å². The first-order chi connectivity index (χ1) is 16.5. The Morgan fingerprint density at radius 1 is 1.03 bits per heavy atom. The minimum Gasteiger partial charge on any atom is -0.472 e. The summed E-state index contributed by atoms with van der Waals surface area (Å²) in [6, 6.07) is 1.82. The Morgan fingerprint density at radius 3 is 2.41 bits per heavy atom. The number of rotatable bonds is 8. The van der Waals surface area contributed by atoms with E-state index in [0.717, 1.165) is 75.8 Å². The van der Waals surface area contributed by atoms with Crippen molar-refractivity contribution in [2.75, 3.05) is 39.3 Å². The molecule has 0 aromatic carbocycles. The number of amides is 2. The molecule has 2 aliphatic heterocycles. The summed E-state index contributed by atoms with van der Waals surface area (Å²) >= 11 is 0. The van der Waals surface area contributed by atoms with E-state index in [9.17, 15) is 14.4 Å². The first kappa shape index (κ1) is 24.5. The van der Waals surface area contributed by atoms with Crippen LogP contribution in [-0.2, 0) is 20.8 Å². The molecule has 1 aromatic rings. The second kappa shape index (κ2) is 11.2. The molecule has 2 fully saturated rings. The number of hydrogen-bond acceptors (Lipinski definition) is 4. The van der Waals surface area contributed by atoms with Crippen molar-refractivity contribution >= 4 is 17.6 Å². The summed E-state index contributed by atoms with van der Waals surface area (Å²) in [6.07, 6.45) is 13.7. The molecular weight excluding hydrogens is 430 g/mol. The number of Topliss-reactive ketones (excluding diaryl/α,β-unsaturated/α-hetero) is 1. The molecule has 1 aliphatic carbocycles. The summed E-state index contributed by atoms with van der Waals surface area (Å²) in [7, 11) is 0. The zero-order valence-electron chi connectivity index (χ0n) is 20.4. The maximum atomic E-state index is 13.3. The first-order valence-corrected chi connectivity index (χ1v) is 12.8. The van der Waals surface area contributed by atoms with Gasteiger partial charge in [0, 0.05) is 27.9 Å². The van der Waals surface area contributed by atoms with Gasteiger partial charge in [-0.05, 0) is 75.5 Å². The Morgan fingerprint density at radius 2 is 1.74 bits per heavy atom. The van der Waals surface area contributed by atoms with Crippen molar-refractivity contribution in [3.8, 4) is 0 Å². The third-order valence-corrected chi connectivity index (χ3v) is 7.46. The predicted molar refractivity (Wildman–Crippen MR) is 134 cm³/mol. The van der Waals surface area contributed by atoms with Gasteiger partial charge in [-0.25, -0.2) is 0 Å². The van der Waals surface area contributed by atoms with E-state index in [1.165, 1.54) is 6.42 Å². The lowest BCUT2D eigenvalue weighted by atomic mass is 10.1. The maximum absolute atomic E-state index is 13.3. The number of carbonyl (C=O) groups is 3. The number of nitrogens with one attached hydrogen (secondary N) is 1. The highest BCUT2D eigenvalue weighted by Crippen LogP contribution is 2.27. The number of nitrogens with zero attached hydrogens (tertiary/aromatic N) is 2. The van der Waals surface area contributed by atoms with Crippen LogP contribution < -0.4 is 5.32 Å². The molecule has 34 heavy (non-hydrogen) atoms. The van der Waals surface area contributed by atoms with Crippen molar-refractivity contribution in [2.24, 2.45) is 0 Å². The number of furan rings is 1. The fourth-order valence-electron chi connectivity index (χ4n) is 5.62. The molecule has 3 heterocycles. The molecule has 0 unspecified atom stereocenters. The normalized spacial score (nSPS) is 20.6. The molecule has 7 heteroatoms. The van der Waals surface area contributed by atoms with E-state index in [-0.39, 0.29) is 27.0 Å². The summed E-state index contributed by atoms with van der Waals surface area (Å²) in [5, 5.41) is 3.09. The summed E-state index contributed by atoms with van der Waals surface area (Å²) in [6.45, 7) is 5.82. The molecule has 2 amide bonds. The van der Waals surface area contributed by atoms with Crippen LogP contribution in [0.4, 0.5) is 0 Å². The number of quaternary nitrogens is 1. The SMILES string of the molecule is CC1=CCC(C(=O)N2CCCCC2)=C1NC(=O)C[N+]1(CC(=O)Cc2ccoc2)CCCCCC1.[HH].[HH]. The van der Waals surface area contributed by atoms with Crippen LogP contribution in [0.15, 0.2) is 45.9 Å². The zero-order chi connectivity index (χ0) is 24.0. The van der Waals surface area contributed by atoms with E-state index in [4.69, 9.17) is 4.42 Å².